The van der Waals surface area contributed by atoms with E-state index < -0.39 is 11.7 Å². The molecule has 3 amide bonds. The molecule has 8 nitrogen and oxygen atoms in total. The minimum atomic E-state index is -0.581. The van der Waals surface area contributed by atoms with Crippen LogP contribution in [0, 0.1) is 0 Å². The van der Waals surface area contributed by atoms with Gasteiger partial charge in [0.2, 0.25) is 11.8 Å². The van der Waals surface area contributed by atoms with E-state index in [1.165, 1.54) is 0 Å². The molecule has 0 heterocycles. The summed E-state index contributed by atoms with van der Waals surface area (Å²) in [6, 6.07) is 14.7. The maximum absolute atomic E-state index is 12.2. The van der Waals surface area contributed by atoms with Gasteiger partial charge < -0.3 is 25.4 Å². The Morgan fingerprint density at radius 3 is 2.09 bits per heavy atom. The Hall–Kier alpha value is -3.55. The van der Waals surface area contributed by atoms with Crippen molar-refractivity contribution >= 4 is 23.6 Å². The van der Waals surface area contributed by atoms with E-state index in [-0.39, 0.29) is 31.2 Å². The molecule has 0 saturated heterocycles. The summed E-state index contributed by atoms with van der Waals surface area (Å²) < 4.78 is 10.5. The van der Waals surface area contributed by atoms with Crippen LogP contribution in [0.5, 0.6) is 5.75 Å². The Labute approximate surface area is 195 Å². The van der Waals surface area contributed by atoms with E-state index in [0.717, 1.165) is 16.9 Å². The lowest BCUT2D eigenvalue weighted by molar-refractivity contribution is -0.120. The van der Waals surface area contributed by atoms with Crippen molar-refractivity contribution in [2.75, 3.05) is 18.5 Å². The van der Waals surface area contributed by atoms with Gasteiger partial charge in [0.1, 0.15) is 11.4 Å². The molecule has 2 aromatic carbocycles. The molecule has 0 unspecified atom stereocenters. The number of ether oxygens (including phenoxy) is 2. The van der Waals surface area contributed by atoms with E-state index in [4.69, 9.17) is 9.47 Å². The van der Waals surface area contributed by atoms with Gasteiger partial charge in [-0.2, -0.15) is 0 Å². The van der Waals surface area contributed by atoms with Gasteiger partial charge in [0.15, 0.2) is 0 Å². The van der Waals surface area contributed by atoms with Gasteiger partial charge in [0, 0.05) is 25.2 Å². The molecule has 33 heavy (non-hydrogen) atoms. The summed E-state index contributed by atoms with van der Waals surface area (Å²) in [5, 5.41) is 8.22. The van der Waals surface area contributed by atoms with Crippen molar-refractivity contribution in [3.05, 3.63) is 59.7 Å². The van der Waals surface area contributed by atoms with Crippen molar-refractivity contribution in [2.24, 2.45) is 0 Å². The van der Waals surface area contributed by atoms with Crippen LogP contribution in [0.15, 0.2) is 48.5 Å². The molecule has 0 bridgehead atoms. The Kier molecular flexibility index (Phi) is 9.72. The fraction of sp³-hybridized carbons (Fsp3) is 0.400. The van der Waals surface area contributed by atoms with Gasteiger partial charge in [-0.05, 0) is 63.1 Å². The van der Waals surface area contributed by atoms with Crippen molar-refractivity contribution in [3.63, 3.8) is 0 Å². The molecule has 178 valence electrons. The lowest BCUT2D eigenvalue weighted by Gasteiger charge is -2.19. The van der Waals surface area contributed by atoms with Gasteiger partial charge in [0.25, 0.3) is 0 Å². The first-order chi connectivity index (χ1) is 15.6. The van der Waals surface area contributed by atoms with E-state index in [2.05, 4.69) is 16.0 Å². The molecule has 0 atom stereocenters. The highest BCUT2D eigenvalue weighted by Gasteiger charge is 2.15. The topological polar surface area (TPSA) is 106 Å². The second-order valence-corrected chi connectivity index (χ2v) is 8.45. The van der Waals surface area contributed by atoms with Gasteiger partial charge in [-0.15, -0.1) is 0 Å². The van der Waals surface area contributed by atoms with Crippen LogP contribution in [0.3, 0.4) is 0 Å². The molecular formula is C25H33N3O5. The number of carbonyl (C=O) groups excluding carboxylic acids is 3. The lowest BCUT2D eigenvalue weighted by atomic mass is 10.1. The third kappa shape index (κ3) is 10.5. The summed E-state index contributed by atoms with van der Waals surface area (Å²) >= 11 is 0. The molecule has 0 aliphatic heterocycles. The predicted molar refractivity (Wildman–Crippen MR) is 127 cm³/mol. The highest BCUT2D eigenvalue weighted by atomic mass is 16.6. The zero-order chi connectivity index (χ0) is 24.3. The Morgan fingerprint density at radius 1 is 0.848 bits per heavy atom. The van der Waals surface area contributed by atoms with Gasteiger partial charge >= 0.3 is 6.09 Å². The van der Waals surface area contributed by atoms with E-state index in [9.17, 15) is 14.4 Å². The van der Waals surface area contributed by atoms with Crippen molar-refractivity contribution < 1.29 is 23.9 Å². The number of amides is 3. The lowest BCUT2D eigenvalue weighted by Crippen LogP contribution is -2.34. The van der Waals surface area contributed by atoms with Crippen molar-refractivity contribution in [1.82, 2.24) is 10.6 Å². The number of nitrogens with one attached hydrogen (secondary N) is 3. The van der Waals surface area contributed by atoms with Crippen molar-refractivity contribution in [3.8, 4) is 5.75 Å². The first-order valence-corrected chi connectivity index (χ1v) is 11.0. The molecule has 0 aliphatic carbocycles. The van der Waals surface area contributed by atoms with Crippen LogP contribution in [-0.4, -0.2) is 36.7 Å². The fourth-order valence-corrected chi connectivity index (χ4v) is 2.84. The monoisotopic (exact) mass is 455 g/mol. The molecule has 0 saturated carbocycles. The second kappa shape index (κ2) is 12.5. The number of hydrogen-bond acceptors (Lipinski definition) is 5. The average Bonchev–Trinajstić information content (AvgIpc) is 2.73. The summed E-state index contributed by atoms with van der Waals surface area (Å²) in [7, 11) is 0. The molecule has 0 radical (unpaired) electrons. The van der Waals surface area contributed by atoms with E-state index in [1.54, 1.807) is 32.9 Å². The minimum absolute atomic E-state index is 0.0750. The zero-order valence-electron chi connectivity index (χ0n) is 19.7. The predicted octanol–water partition coefficient (Wildman–Crippen LogP) is 3.80. The number of hydrogen-bond donors (Lipinski definition) is 3. The first kappa shape index (κ1) is 25.7. The molecule has 0 aliphatic rings. The Balaban J connectivity index is 1.70. The third-order valence-electron chi connectivity index (χ3n) is 4.35. The number of alkyl carbamates (subject to hydrolysis) is 1. The highest BCUT2D eigenvalue weighted by molar-refractivity contribution is 5.91. The standard InChI is InChI=1S/C25H33N3O5/c1-5-32-21-12-8-18(9-13-21)16-23(30)27-17-19-6-10-20(11-7-19)28-22(29)14-15-26-24(31)33-25(2,3)4/h6-13H,5,14-17H2,1-4H3,(H,26,31)(H,27,30)(H,28,29). The van der Waals surface area contributed by atoms with Crippen LogP contribution < -0.4 is 20.7 Å². The van der Waals surface area contributed by atoms with Gasteiger partial charge in [-0.3, -0.25) is 9.59 Å². The molecule has 0 fully saturated rings. The normalized spacial score (nSPS) is 10.8. The highest BCUT2D eigenvalue weighted by Crippen LogP contribution is 2.13. The summed E-state index contributed by atoms with van der Waals surface area (Å²) in [5.74, 6) is 0.490. The van der Waals surface area contributed by atoms with Crippen molar-refractivity contribution in [1.29, 1.82) is 0 Å². The van der Waals surface area contributed by atoms with Gasteiger partial charge in [0.05, 0.1) is 13.0 Å². The van der Waals surface area contributed by atoms with Crippen LogP contribution in [0.2, 0.25) is 0 Å². The minimum Gasteiger partial charge on any atom is -0.494 e. The van der Waals surface area contributed by atoms with Crippen LogP contribution in [-0.2, 0) is 27.3 Å². The zero-order valence-corrected chi connectivity index (χ0v) is 19.7. The fourth-order valence-electron chi connectivity index (χ4n) is 2.84. The molecule has 0 spiro atoms. The van der Waals surface area contributed by atoms with Crippen LogP contribution >= 0.6 is 0 Å². The van der Waals surface area contributed by atoms with Crippen LogP contribution in [0.4, 0.5) is 10.5 Å². The third-order valence-corrected chi connectivity index (χ3v) is 4.35. The summed E-state index contributed by atoms with van der Waals surface area (Å²) in [5.41, 5.74) is 1.89. The number of rotatable bonds is 10. The number of carbonyl (C=O) groups is 3. The van der Waals surface area contributed by atoms with Crippen LogP contribution in [0.25, 0.3) is 0 Å². The van der Waals surface area contributed by atoms with E-state index in [1.807, 2.05) is 43.3 Å². The largest absolute Gasteiger partial charge is 0.494 e. The second-order valence-electron chi connectivity index (χ2n) is 8.45. The number of benzene rings is 2. The SMILES string of the molecule is CCOc1ccc(CC(=O)NCc2ccc(NC(=O)CCNC(=O)OC(C)(C)C)cc2)cc1. The van der Waals surface area contributed by atoms with Crippen LogP contribution in [0.1, 0.15) is 45.2 Å². The Morgan fingerprint density at radius 2 is 1.48 bits per heavy atom. The summed E-state index contributed by atoms with van der Waals surface area (Å²) in [4.78, 5) is 35.8. The molecule has 2 rings (SSSR count). The summed E-state index contributed by atoms with van der Waals surface area (Å²) in [6.07, 6.45) is -0.135. The molecule has 3 N–H and O–H groups in total. The van der Waals surface area contributed by atoms with E-state index >= 15 is 0 Å². The molecule has 8 heteroatoms. The molecule has 2 aromatic rings. The maximum atomic E-state index is 12.2. The first-order valence-electron chi connectivity index (χ1n) is 11.0. The molecular weight excluding hydrogens is 422 g/mol. The van der Waals surface area contributed by atoms with Gasteiger partial charge in [-0.25, -0.2) is 4.79 Å². The number of anilines is 1. The van der Waals surface area contributed by atoms with E-state index in [0.29, 0.717) is 18.8 Å². The smallest absolute Gasteiger partial charge is 0.407 e. The average molecular weight is 456 g/mol. The van der Waals surface area contributed by atoms with Gasteiger partial charge in [-0.1, -0.05) is 24.3 Å². The quantitative estimate of drug-likeness (QED) is 0.505. The maximum Gasteiger partial charge on any atom is 0.407 e. The van der Waals surface area contributed by atoms with Crippen molar-refractivity contribution in [2.45, 2.75) is 52.7 Å². The molecule has 0 aromatic heterocycles. The summed E-state index contributed by atoms with van der Waals surface area (Å²) in [6.45, 7) is 8.42. The Bertz CT molecular complexity index is 919.